The maximum absolute atomic E-state index is 13.7. The van der Waals surface area contributed by atoms with Crippen molar-refractivity contribution in [3.05, 3.63) is 16.9 Å². The fourth-order valence-electron chi connectivity index (χ4n) is 1.91. The Kier molecular flexibility index (Phi) is 3.62. The lowest BCUT2D eigenvalue weighted by Gasteiger charge is -2.25. The van der Waals surface area contributed by atoms with E-state index in [-0.39, 0.29) is 22.1 Å². The number of benzene rings is 1. The fraction of sp³-hybridized carbons (Fsp3) is 0.500. The van der Waals surface area contributed by atoms with Crippen LogP contribution in [0.5, 0.6) is 5.75 Å². The third kappa shape index (κ3) is 2.57. The maximum Gasteiger partial charge on any atom is 0.187 e. The Hall–Kier alpha value is -1.16. The van der Waals surface area contributed by atoms with E-state index < -0.39 is 5.82 Å². The van der Waals surface area contributed by atoms with Gasteiger partial charge in [-0.2, -0.15) is 0 Å². The molecule has 0 spiro atoms. The summed E-state index contributed by atoms with van der Waals surface area (Å²) in [5, 5.41) is -0.127. The van der Waals surface area contributed by atoms with Crippen molar-refractivity contribution in [2.45, 2.75) is 25.7 Å². The van der Waals surface area contributed by atoms with Crippen molar-refractivity contribution in [1.82, 2.24) is 0 Å². The van der Waals surface area contributed by atoms with Crippen LogP contribution in [0, 0.1) is 11.7 Å². The Morgan fingerprint density at radius 3 is 2.65 bits per heavy atom. The molecule has 0 bridgehead atoms. The molecule has 3 nitrogen and oxygen atoms in total. The van der Waals surface area contributed by atoms with Gasteiger partial charge in [0.2, 0.25) is 0 Å². The van der Waals surface area contributed by atoms with E-state index in [1.807, 2.05) is 0 Å². The lowest BCUT2D eigenvalue weighted by Crippen LogP contribution is -2.15. The normalized spacial score (nSPS) is 15.6. The second kappa shape index (κ2) is 5.00. The van der Waals surface area contributed by atoms with Crippen molar-refractivity contribution in [1.29, 1.82) is 0 Å². The Labute approximate surface area is 105 Å². The van der Waals surface area contributed by atoms with E-state index in [1.165, 1.54) is 25.3 Å². The Balaban J connectivity index is 2.01. The number of anilines is 2. The Morgan fingerprint density at radius 2 is 2.06 bits per heavy atom. The van der Waals surface area contributed by atoms with Crippen LogP contribution in [0.1, 0.15) is 25.7 Å². The van der Waals surface area contributed by atoms with E-state index in [0.717, 1.165) is 6.42 Å². The van der Waals surface area contributed by atoms with E-state index in [0.29, 0.717) is 12.5 Å². The van der Waals surface area contributed by atoms with Crippen molar-refractivity contribution < 1.29 is 9.13 Å². The molecule has 0 atom stereocenters. The largest absolute Gasteiger partial charge is 0.488 e. The predicted octanol–water partition coefficient (Wildman–Crippen LogP) is 3.21. The van der Waals surface area contributed by atoms with Crippen LogP contribution in [-0.2, 0) is 0 Å². The number of hydrogen-bond donors (Lipinski definition) is 2. The average molecular weight is 259 g/mol. The van der Waals surface area contributed by atoms with E-state index in [9.17, 15) is 4.39 Å². The molecule has 5 heteroatoms. The first-order valence-electron chi connectivity index (χ1n) is 5.75. The van der Waals surface area contributed by atoms with Gasteiger partial charge >= 0.3 is 0 Å². The van der Waals surface area contributed by atoms with Gasteiger partial charge in [0.25, 0.3) is 0 Å². The summed E-state index contributed by atoms with van der Waals surface area (Å²) in [6.45, 7) is 0.464. The second-order valence-corrected chi connectivity index (χ2v) is 4.82. The topological polar surface area (TPSA) is 61.3 Å². The highest BCUT2D eigenvalue weighted by Gasteiger charge is 2.19. The van der Waals surface area contributed by atoms with Gasteiger partial charge in [0.15, 0.2) is 11.6 Å². The lowest BCUT2D eigenvalue weighted by molar-refractivity contribution is 0.217. The zero-order valence-corrected chi connectivity index (χ0v) is 10.3. The van der Waals surface area contributed by atoms with Gasteiger partial charge in [0.1, 0.15) is 5.02 Å². The molecule has 0 heterocycles. The summed E-state index contributed by atoms with van der Waals surface area (Å²) in [7, 11) is 0. The van der Waals surface area contributed by atoms with Gasteiger partial charge in [-0.1, -0.05) is 30.9 Å². The SMILES string of the molecule is Nc1cc(N)c(OCCC2CCC2)c(F)c1Cl. The average Bonchev–Trinajstić information content (AvgIpc) is 2.22. The number of nitrogens with two attached hydrogens (primary N) is 2. The van der Waals surface area contributed by atoms with Gasteiger partial charge in [0, 0.05) is 0 Å². The summed E-state index contributed by atoms with van der Waals surface area (Å²) in [6.07, 6.45) is 4.70. The van der Waals surface area contributed by atoms with Crippen LogP contribution < -0.4 is 16.2 Å². The summed E-state index contributed by atoms with van der Waals surface area (Å²) in [5.74, 6) is 0.0600. The summed E-state index contributed by atoms with van der Waals surface area (Å²) >= 11 is 5.70. The second-order valence-electron chi connectivity index (χ2n) is 4.45. The first-order chi connectivity index (χ1) is 8.09. The van der Waals surface area contributed by atoms with Crippen LogP contribution in [0.3, 0.4) is 0 Å². The van der Waals surface area contributed by atoms with Crippen LogP contribution in [0.25, 0.3) is 0 Å². The highest BCUT2D eigenvalue weighted by atomic mass is 35.5. The molecular weight excluding hydrogens is 243 g/mol. The molecule has 0 radical (unpaired) electrons. The van der Waals surface area contributed by atoms with Gasteiger partial charge in [-0.25, -0.2) is 4.39 Å². The smallest absolute Gasteiger partial charge is 0.187 e. The minimum Gasteiger partial charge on any atom is -0.488 e. The highest BCUT2D eigenvalue weighted by molar-refractivity contribution is 6.33. The van der Waals surface area contributed by atoms with Crippen molar-refractivity contribution in [3.63, 3.8) is 0 Å². The Morgan fingerprint density at radius 1 is 1.35 bits per heavy atom. The minimum atomic E-state index is -0.669. The van der Waals surface area contributed by atoms with Crippen molar-refractivity contribution >= 4 is 23.0 Å². The quantitative estimate of drug-likeness (QED) is 0.815. The zero-order chi connectivity index (χ0) is 12.4. The molecule has 1 aromatic carbocycles. The molecule has 0 saturated heterocycles. The standard InChI is InChI=1S/C12H16ClFN2O/c13-10-8(15)6-9(16)12(11(10)14)17-5-4-7-2-1-3-7/h6-7H,1-5,15-16H2. The van der Waals surface area contributed by atoms with E-state index >= 15 is 0 Å². The molecule has 17 heavy (non-hydrogen) atoms. The third-order valence-corrected chi connectivity index (χ3v) is 3.60. The van der Waals surface area contributed by atoms with E-state index in [2.05, 4.69) is 0 Å². The molecule has 2 rings (SSSR count). The fourth-order valence-corrected chi connectivity index (χ4v) is 2.05. The number of nitrogen functional groups attached to an aromatic ring is 2. The molecule has 1 aliphatic rings. The molecule has 0 aliphatic heterocycles. The summed E-state index contributed by atoms with van der Waals surface area (Å²) in [6, 6.07) is 1.42. The van der Waals surface area contributed by atoms with Crippen LogP contribution in [0.4, 0.5) is 15.8 Å². The number of rotatable bonds is 4. The first-order valence-corrected chi connectivity index (χ1v) is 6.13. The predicted molar refractivity (Wildman–Crippen MR) is 67.7 cm³/mol. The van der Waals surface area contributed by atoms with Crippen molar-refractivity contribution in [2.24, 2.45) is 5.92 Å². The van der Waals surface area contributed by atoms with Crippen molar-refractivity contribution in [2.75, 3.05) is 18.1 Å². The monoisotopic (exact) mass is 258 g/mol. The van der Waals surface area contributed by atoms with Crippen LogP contribution in [-0.4, -0.2) is 6.61 Å². The molecule has 1 saturated carbocycles. The van der Waals surface area contributed by atoms with Gasteiger partial charge < -0.3 is 16.2 Å². The lowest BCUT2D eigenvalue weighted by atomic mass is 9.83. The number of ether oxygens (including phenoxy) is 1. The molecule has 1 fully saturated rings. The number of halogens is 2. The van der Waals surface area contributed by atoms with Crippen LogP contribution >= 0.6 is 11.6 Å². The number of hydrogen-bond acceptors (Lipinski definition) is 3. The van der Waals surface area contributed by atoms with E-state index in [4.69, 9.17) is 27.8 Å². The molecule has 0 unspecified atom stereocenters. The van der Waals surface area contributed by atoms with Crippen LogP contribution in [0.2, 0.25) is 5.02 Å². The molecule has 4 N–H and O–H groups in total. The van der Waals surface area contributed by atoms with Gasteiger partial charge in [-0.15, -0.1) is 0 Å². The van der Waals surface area contributed by atoms with Crippen LogP contribution in [0.15, 0.2) is 6.07 Å². The maximum atomic E-state index is 13.7. The minimum absolute atomic E-state index is 0.0172. The highest BCUT2D eigenvalue weighted by Crippen LogP contribution is 2.36. The first kappa shape index (κ1) is 12.3. The molecule has 0 aromatic heterocycles. The summed E-state index contributed by atoms with van der Waals surface area (Å²) < 4.78 is 19.1. The van der Waals surface area contributed by atoms with Crippen molar-refractivity contribution in [3.8, 4) is 5.75 Å². The summed E-state index contributed by atoms with van der Waals surface area (Å²) in [5.41, 5.74) is 11.5. The molecule has 1 aliphatic carbocycles. The third-order valence-electron chi connectivity index (χ3n) is 3.22. The molecule has 1 aromatic rings. The van der Waals surface area contributed by atoms with E-state index in [1.54, 1.807) is 0 Å². The van der Waals surface area contributed by atoms with Gasteiger partial charge in [-0.05, 0) is 18.4 Å². The zero-order valence-electron chi connectivity index (χ0n) is 9.51. The van der Waals surface area contributed by atoms with Gasteiger partial charge in [0.05, 0.1) is 18.0 Å². The van der Waals surface area contributed by atoms with Gasteiger partial charge in [-0.3, -0.25) is 0 Å². The molecule has 94 valence electrons. The molecular formula is C12H16ClFN2O. The summed E-state index contributed by atoms with van der Waals surface area (Å²) in [4.78, 5) is 0. The Bertz CT molecular complexity index is 421. The molecule has 0 amide bonds.